The van der Waals surface area contributed by atoms with Crippen molar-refractivity contribution in [1.82, 2.24) is 14.9 Å². The summed E-state index contributed by atoms with van der Waals surface area (Å²) in [6.07, 6.45) is 5.90. The Balaban J connectivity index is 1.41. The largest absolute Gasteiger partial charge is 0.493 e. The van der Waals surface area contributed by atoms with Crippen LogP contribution in [0.4, 0.5) is 10.5 Å². The Morgan fingerprint density at radius 1 is 1.28 bits per heavy atom. The highest BCUT2D eigenvalue weighted by molar-refractivity contribution is 6.34. The molecule has 0 atom stereocenters. The second-order valence-corrected chi connectivity index (χ2v) is 6.73. The molecule has 2 aliphatic heterocycles. The highest BCUT2D eigenvalue weighted by Gasteiger charge is 2.26. The minimum Gasteiger partial charge on any atom is -0.493 e. The fraction of sp³-hybridized carbons (Fsp3) is 0.389. The predicted octanol–water partition coefficient (Wildman–Crippen LogP) is 3.48. The number of carbonyl (C=O) groups is 1. The molecule has 1 N–H and O–H groups in total. The number of anilines is 1. The molecule has 2 aliphatic rings. The van der Waals surface area contributed by atoms with Gasteiger partial charge < -0.3 is 15.0 Å². The van der Waals surface area contributed by atoms with Crippen molar-refractivity contribution in [2.45, 2.75) is 25.2 Å². The number of amides is 2. The number of urea groups is 1. The van der Waals surface area contributed by atoms with Crippen molar-refractivity contribution >= 4 is 23.3 Å². The third kappa shape index (κ3) is 3.26. The van der Waals surface area contributed by atoms with E-state index >= 15 is 0 Å². The van der Waals surface area contributed by atoms with Crippen molar-refractivity contribution in [2.24, 2.45) is 0 Å². The molecule has 1 aromatic heterocycles. The molecule has 2 amide bonds. The van der Waals surface area contributed by atoms with Gasteiger partial charge in [-0.3, -0.25) is 0 Å². The van der Waals surface area contributed by atoms with Crippen molar-refractivity contribution in [2.75, 3.05) is 25.0 Å². The summed E-state index contributed by atoms with van der Waals surface area (Å²) in [5, 5.41) is 3.53. The Kier molecular flexibility index (Phi) is 4.44. The van der Waals surface area contributed by atoms with Gasteiger partial charge in [-0.15, -0.1) is 0 Å². The first-order valence-electron chi connectivity index (χ1n) is 8.48. The van der Waals surface area contributed by atoms with E-state index in [2.05, 4.69) is 15.3 Å². The maximum Gasteiger partial charge on any atom is 0.321 e. The molecule has 3 heterocycles. The standard InChI is InChI=1S/C18H19ClN4O2/c19-14-1-2-16-13(6-10-25-16)17(14)22-18(24)23-8-4-12(5-9-23)15-3-7-20-11-21-15/h1-3,7,11-12H,4-6,8-10H2,(H,22,24). The van der Waals surface area contributed by atoms with Crippen LogP contribution in [0.5, 0.6) is 5.75 Å². The molecular formula is C18H19ClN4O2. The first-order valence-corrected chi connectivity index (χ1v) is 8.86. The third-order valence-corrected chi connectivity index (χ3v) is 5.18. The molecule has 0 spiro atoms. The summed E-state index contributed by atoms with van der Waals surface area (Å²) in [4.78, 5) is 22.8. The lowest BCUT2D eigenvalue weighted by atomic mass is 9.93. The van der Waals surface area contributed by atoms with E-state index in [1.165, 1.54) is 0 Å². The fourth-order valence-electron chi connectivity index (χ4n) is 3.49. The highest BCUT2D eigenvalue weighted by Crippen LogP contribution is 2.37. The first kappa shape index (κ1) is 16.1. The molecule has 1 saturated heterocycles. The number of fused-ring (bicyclic) bond motifs is 1. The summed E-state index contributed by atoms with van der Waals surface area (Å²) >= 11 is 6.29. The average molecular weight is 359 g/mol. The molecule has 1 aromatic carbocycles. The first-order chi connectivity index (χ1) is 12.2. The summed E-state index contributed by atoms with van der Waals surface area (Å²) in [6.45, 7) is 2.02. The Bertz CT molecular complexity index is 776. The fourth-order valence-corrected chi connectivity index (χ4v) is 3.71. The Morgan fingerprint density at radius 3 is 2.88 bits per heavy atom. The molecule has 0 bridgehead atoms. The van der Waals surface area contributed by atoms with E-state index in [4.69, 9.17) is 16.3 Å². The number of aromatic nitrogens is 2. The van der Waals surface area contributed by atoms with Crippen LogP contribution >= 0.6 is 11.6 Å². The van der Waals surface area contributed by atoms with Crippen LogP contribution in [0.2, 0.25) is 5.02 Å². The van der Waals surface area contributed by atoms with Gasteiger partial charge in [0.15, 0.2) is 0 Å². The normalized spacial score (nSPS) is 17.1. The predicted molar refractivity (Wildman–Crippen MR) is 95.2 cm³/mol. The molecule has 130 valence electrons. The monoisotopic (exact) mass is 358 g/mol. The van der Waals surface area contributed by atoms with Crippen LogP contribution in [-0.2, 0) is 6.42 Å². The number of carbonyl (C=O) groups excluding carboxylic acids is 1. The van der Waals surface area contributed by atoms with Crippen LogP contribution in [0.25, 0.3) is 0 Å². The van der Waals surface area contributed by atoms with E-state index in [0.717, 1.165) is 36.3 Å². The average Bonchev–Trinajstić information content (AvgIpc) is 3.14. The number of hydrogen-bond donors (Lipinski definition) is 1. The van der Waals surface area contributed by atoms with E-state index in [1.807, 2.05) is 17.0 Å². The van der Waals surface area contributed by atoms with Crippen LogP contribution in [0.3, 0.4) is 0 Å². The lowest BCUT2D eigenvalue weighted by molar-refractivity contribution is 0.194. The molecular weight excluding hydrogens is 340 g/mol. The molecule has 0 unspecified atom stereocenters. The van der Waals surface area contributed by atoms with Crippen LogP contribution in [-0.4, -0.2) is 40.6 Å². The molecule has 4 rings (SSSR count). The van der Waals surface area contributed by atoms with Gasteiger partial charge in [0.1, 0.15) is 12.1 Å². The maximum atomic E-state index is 12.7. The number of nitrogens with one attached hydrogen (secondary N) is 1. The quantitative estimate of drug-likeness (QED) is 0.892. The van der Waals surface area contributed by atoms with E-state index in [-0.39, 0.29) is 6.03 Å². The van der Waals surface area contributed by atoms with Gasteiger partial charge in [0, 0.05) is 42.9 Å². The number of halogens is 1. The number of hydrogen-bond acceptors (Lipinski definition) is 4. The SMILES string of the molecule is O=C(Nc1c(Cl)ccc2c1CCO2)N1CCC(c2ccncn2)CC1. The number of ether oxygens (including phenoxy) is 1. The van der Waals surface area contributed by atoms with Crippen LogP contribution in [0, 0.1) is 0 Å². The summed E-state index contributed by atoms with van der Waals surface area (Å²) < 4.78 is 5.55. The number of rotatable bonds is 2. The van der Waals surface area contributed by atoms with Crippen molar-refractivity contribution < 1.29 is 9.53 Å². The summed E-state index contributed by atoms with van der Waals surface area (Å²) in [5.74, 6) is 1.19. The minimum atomic E-state index is -0.108. The van der Waals surface area contributed by atoms with Crippen molar-refractivity contribution in [3.05, 3.63) is 47.0 Å². The van der Waals surface area contributed by atoms with E-state index in [9.17, 15) is 4.79 Å². The van der Waals surface area contributed by atoms with Crippen LogP contribution in [0.1, 0.15) is 30.0 Å². The molecule has 0 aliphatic carbocycles. The van der Waals surface area contributed by atoms with Crippen molar-refractivity contribution in [3.8, 4) is 5.75 Å². The van der Waals surface area contributed by atoms with Crippen molar-refractivity contribution in [1.29, 1.82) is 0 Å². The van der Waals surface area contributed by atoms with Gasteiger partial charge in [0.25, 0.3) is 0 Å². The zero-order chi connectivity index (χ0) is 17.2. The maximum absolute atomic E-state index is 12.7. The Morgan fingerprint density at radius 2 is 2.12 bits per heavy atom. The lowest BCUT2D eigenvalue weighted by Crippen LogP contribution is -2.40. The Labute approximate surface area is 151 Å². The van der Waals surface area contributed by atoms with Crippen LogP contribution in [0.15, 0.2) is 30.7 Å². The zero-order valence-corrected chi connectivity index (χ0v) is 14.5. The Hall–Kier alpha value is -2.34. The van der Waals surface area contributed by atoms with Gasteiger partial charge in [0.2, 0.25) is 0 Å². The zero-order valence-electron chi connectivity index (χ0n) is 13.7. The number of benzene rings is 1. The topological polar surface area (TPSA) is 67.3 Å². The van der Waals surface area contributed by atoms with Gasteiger partial charge in [-0.25, -0.2) is 14.8 Å². The molecule has 6 nitrogen and oxygen atoms in total. The number of piperidine rings is 1. The van der Waals surface area contributed by atoms with Gasteiger partial charge in [0.05, 0.1) is 17.3 Å². The van der Waals surface area contributed by atoms with Gasteiger partial charge in [-0.1, -0.05) is 11.6 Å². The lowest BCUT2D eigenvalue weighted by Gasteiger charge is -2.32. The molecule has 7 heteroatoms. The number of nitrogens with zero attached hydrogens (tertiary/aromatic N) is 3. The highest BCUT2D eigenvalue weighted by atomic mass is 35.5. The summed E-state index contributed by atoms with van der Waals surface area (Å²) in [7, 11) is 0. The minimum absolute atomic E-state index is 0.108. The second-order valence-electron chi connectivity index (χ2n) is 6.32. The van der Waals surface area contributed by atoms with Gasteiger partial charge >= 0.3 is 6.03 Å². The smallest absolute Gasteiger partial charge is 0.321 e. The summed E-state index contributed by atoms with van der Waals surface area (Å²) in [6, 6.07) is 5.47. The molecule has 0 saturated carbocycles. The number of likely N-dealkylation sites (tertiary alicyclic amines) is 1. The molecule has 2 aromatic rings. The molecule has 0 radical (unpaired) electrons. The van der Waals surface area contributed by atoms with Crippen LogP contribution < -0.4 is 10.1 Å². The van der Waals surface area contributed by atoms with Gasteiger partial charge in [-0.2, -0.15) is 0 Å². The van der Waals surface area contributed by atoms with Crippen molar-refractivity contribution in [3.63, 3.8) is 0 Å². The second kappa shape index (κ2) is 6.88. The van der Waals surface area contributed by atoms with E-state index < -0.39 is 0 Å². The van der Waals surface area contributed by atoms with E-state index in [1.54, 1.807) is 18.6 Å². The summed E-state index contributed by atoms with van der Waals surface area (Å²) in [5.41, 5.74) is 2.72. The third-order valence-electron chi connectivity index (χ3n) is 4.87. The van der Waals surface area contributed by atoms with E-state index in [0.29, 0.717) is 36.3 Å². The molecule has 25 heavy (non-hydrogen) atoms. The molecule has 1 fully saturated rings. The van der Waals surface area contributed by atoms with Gasteiger partial charge in [-0.05, 0) is 31.0 Å².